The molecule has 0 radical (unpaired) electrons. The Labute approximate surface area is 147 Å². The monoisotopic (exact) mass is 360 g/mol. The van der Waals surface area contributed by atoms with Crippen LogP contribution in [-0.2, 0) is 12.6 Å². The summed E-state index contributed by atoms with van der Waals surface area (Å²) in [4.78, 5) is 15.6. The summed E-state index contributed by atoms with van der Waals surface area (Å²) >= 11 is 0. The Bertz CT molecular complexity index is 915. The fourth-order valence-electron chi connectivity index (χ4n) is 2.54. The highest BCUT2D eigenvalue weighted by molar-refractivity contribution is 5.96. The van der Waals surface area contributed by atoms with E-state index in [1.165, 1.54) is 12.1 Å². The molecule has 0 N–H and O–H groups in total. The zero-order valence-electron chi connectivity index (χ0n) is 13.9. The molecule has 0 amide bonds. The topological polar surface area (TPSA) is 56.0 Å². The van der Waals surface area contributed by atoms with Crippen LogP contribution in [0, 0.1) is 6.92 Å². The van der Waals surface area contributed by atoms with Crippen LogP contribution in [0.25, 0.3) is 11.4 Å². The van der Waals surface area contributed by atoms with E-state index in [9.17, 15) is 18.0 Å². The number of carbonyl (C=O) groups excluding carboxylic acids is 1. The molecule has 1 aromatic heterocycles. The van der Waals surface area contributed by atoms with Gasteiger partial charge in [0.2, 0.25) is 5.82 Å². The van der Waals surface area contributed by atoms with E-state index in [4.69, 9.17) is 0 Å². The fraction of sp³-hybridized carbons (Fsp3) is 0.211. The molecular formula is C19H15F3N2O2. The summed E-state index contributed by atoms with van der Waals surface area (Å²) in [6.45, 7) is 1.99. The first-order chi connectivity index (χ1) is 12.3. The summed E-state index contributed by atoms with van der Waals surface area (Å²) in [5, 5.41) is 3.32. The number of nitrogens with zero attached hydrogens (tertiary/aromatic N) is 2. The highest BCUT2D eigenvalue weighted by atomic mass is 19.4. The molecule has 1 heterocycles. The number of halogens is 3. The number of aryl methyl sites for hydroxylation is 2. The van der Waals surface area contributed by atoms with Crippen LogP contribution in [0.5, 0.6) is 0 Å². The molecule has 0 aliphatic carbocycles. The van der Waals surface area contributed by atoms with Gasteiger partial charge in [0.25, 0.3) is 0 Å². The number of carbonyl (C=O) groups is 1. The molecule has 3 rings (SSSR count). The molecule has 0 fully saturated rings. The van der Waals surface area contributed by atoms with Gasteiger partial charge in [-0.1, -0.05) is 53.7 Å². The predicted molar refractivity (Wildman–Crippen MR) is 88.6 cm³/mol. The van der Waals surface area contributed by atoms with Crippen LogP contribution in [0.15, 0.2) is 53.1 Å². The van der Waals surface area contributed by atoms with E-state index in [1.54, 1.807) is 12.1 Å². The lowest BCUT2D eigenvalue weighted by Gasteiger charge is -2.05. The van der Waals surface area contributed by atoms with E-state index in [0.29, 0.717) is 24.0 Å². The number of hydrogen-bond acceptors (Lipinski definition) is 4. The smallest absolute Gasteiger partial charge is 0.329 e. The number of benzene rings is 2. The Morgan fingerprint density at radius 2 is 1.77 bits per heavy atom. The average molecular weight is 360 g/mol. The predicted octanol–water partition coefficient (Wildman–Crippen LogP) is 4.88. The molecule has 0 saturated heterocycles. The van der Waals surface area contributed by atoms with Crippen LogP contribution >= 0.6 is 0 Å². The average Bonchev–Trinajstić information content (AvgIpc) is 3.11. The zero-order valence-corrected chi connectivity index (χ0v) is 13.9. The van der Waals surface area contributed by atoms with Gasteiger partial charge in [-0.2, -0.15) is 18.2 Å². The zero-order chi connectivity index (χ0) is 18.7. The number of Topliss-reactive ketones (excluding diaryl/α,β-unsaturated/α-hetero) is 1. The van der Waals surface area contributed by atoms with Gasteiger partial charge in [-0.3, -0.25) is 4.79 Å². The van der Waals surface area contributed by atoms with Gasteiger partial charge in [0.1, 0.15) is 0 Å². The molecule has 0 unspecified atom stereocenters. The molecular weight excluding hydrogens is 345 g/mol. The molecule has 4 nitrogen and oxygen atoms in total. The quantitative estimate of drug-likeness (QED) is 0.609. The van der Waals surface area contributed by atoms with Crippen molar-refractivity contribution in [1.29, 1.82) is 0 Å². The number of ketones is 1. The number of hydrogen-bond donors (Lipinski definition) is 0. The van der Waals surface area contributed by atoms with Crippen LogP contribution in [-0.4, -0.2) is 15.9 Å². The van der Waals surface area contributed by atoms with Crippen molar-refractivity contribution in [2.45, 2.75) is 25.9 Å². The first-order valence-corrected chi connectivity index (χ1v) is 7.93. The van der Waals surface area contributed by atoms with E-state index in [-0.39, 0.29) is 11.6 Å². The van der Waals surface area contributed by atoms with Crippen LogP contribution < -0.4 is 0 Å². The van der Waals surface area contributed by atoms with Crippen LogP contribution in [0.1, 0.15) is 33.8 Å². The lowest BCUT2D eigenvalue weighted by molar-refractivity contribution is -0.159. The highest BCUT2D eigenvalue weighted by Crippen LogP contribution is 2.29. The first-order valence-electron chi connectivity index (χ1n) is 7.93. The van der Waals surface area contributed by atoms with Gasteiger partial charge < -0.3 is 4.52 Å². The minimum atomic E-state index is -4.68. The summed E-state index contributed by atoms with van der Waals surface area (Å²) in [6, 6.07) is 14.0. The highest BCUT2D eigenvalue weighted by Gasteiger charge is 2.38. The minimum Gasteiger partial charge on any atom is -0.329 e. The minimum absolute atomic E-state index is 0.0381. The number of aromatic nitrogens is 2. The third-order valence-corrected chi connectivity index (χ3v) is 4.02. The van der Waals surface area contributed by atoms with Crippen molar-refractivity contribution in [1.82, 2.24) is 10.1 Å². The van der Waals surface area contributed by atoms with E-state index in [1.807, 2.05) is 31.2 Å². The lowest BCUT2D eigenvalue weighted by Crippen LogP contribution is -2.04. The van der Waals surface area contributed by atoms with Gasteiger partial charge in [-0.15, -0.1) is 0 Å². The van der Waals surface area contributed by atoms with Crippen molar-refractivity contribution >= 4 is 5.78 Å². The summed E-state index contributed by atoms with van der Waals surface area (Å²) in [6.07, 6.45) is -3.70. The molecule has 0 bridgehead atoms. The molecule has 3 aromatic rings. The maximum Gasteiger partial charge on any atom is 0.471 e. The van der Waals surface area contributed by atoms with Gasteiger partial charge in [-0.25, -0.2) is 0 Å². The maximum atomic E-state index is 12.5. The van der Waals surface area contributed by atoms with Crippen molar-refractivity contribution in [2.75, 3.05) is 0 Å². The van der Waals surface area contributed by atoms with Crippen molar-refractivity contribution in [3.63, 3.8) is 0 Å². The van der Waals surface area contributed by atoms with Gasteiger partial charge >= 0.3 is 12.1 Å². The van der Waals surface area contributed by atoms with Crippen LogP contribution in [0.2, 0.25) is 0 Å². The summed E-state index contributed by atoms with van der Waals surface area (Å²) in [5.74, 6) is -1.61. The van der Waals surface area contributed by atoms with Crippen molar-refractivity contribution in [3.05, 3.63) is 71.1 Å². The Balaban J connectivity index is 1.68. The normalized spacial score (nSPS) is 11.5. The van der Waals surface area contributed by atoms with E-state index >= 15 is 0 Å². The summed E-state index contributed by atoms with van der Waals surface area (Å²) in [7, 11) is 0. The SMILES string of the molecule is Cc1ccccc1CCC(=O)c1ccc(-c2noc(C(F)(F)F)n2)cc1. The van der Waals surface area contributed by atoms with Crippen molar-refractivity contribution in [2.24, 2.45) is 0 Å². The molecule has 7 heteroatoms. The van der Waals surface area contributed by atoms with E-state index < -0.39 is 12.1 Å². The molecule has 0 aliphatic heterocycles. The standard InChI is InChI=1S/C19H15F3N2O2/c1-12-4-2-3-5-13(12)10-11-16(25)14-6-8-15(9-7-14)17-23-18(26-24-17)19(20,21)22/h2-9H,10-11H2,1H3. The molecule has 0 aliphatic rings. The fourth-order valence-corrected chi connectivity index (χ4v) is 2.54. The molecule has 0 spiro atoms. The summed E-state index contributed by atoms with van der Waals surface area (Å²) < 4.78 is 41.7. The van der Waals surface area contributed by atoms with Gasteiger partial charge in [0.05, 0.1) is 0 Å². The molecule has 2 aromatic carbocycles. The second kappa shape index (κ2) is 7.11. The van der Waals surface area contributed by atoms with Crippen molar-refractivity contribution < 1.29 is 22.5 Å². The number of alkyl halides is 3. The molecule has 134 valence electrons. The third-order valence-electron chi connectivity index (χ3n) is 4.02. The van der Waals surface area contributed by atoms with E-state index in [2.05, 4.69) is 14.7 Å². The second-order valence-corrected chi connectivity index (χ2v) is 5.85. The molecule has 0 atom stereocenters. The second-order valence-electron chi connectivity index (χ2n) is 5.85. The molecule has 0 saturated carbocycles. The largest absolute Gasteiger partial charge is 0.471 e. The maximum absolute atomic E-state index is 12.5. The Morgan fingerprint density at radius 3 is 2.38 bits per heavy atom. The van der Waals surface area contributed by atoms with Crippen molar-refractivity contribution in [3.8, 4) is 11.4 Å². The van der Waals surface area contributed by atoms with E-state index in [0.717, 1.165) is 11.1 Å². The first kappa shape index (κ1) is 17.8. The van der Waals surface area contributed by atoms with Gasteiger partial charge in [-0.05, 0) is 24.5 Å². The van der Waals surface area contributed by atoms with Gasteiger partial charge in [0.15, 0.2) is 5.78 Å². The molecule has 26 heavy (non-hydrogen) atoms. The number of rotatable bonds is 5. The Morgan fingerprint density at radius 1 is 1.08 bits per heavy atom. The van der Waals surface area contributed by atoms with Crippen LogP contribution in [0.3, 0.4) is 0 Å². The Hall–Kier alpha value is -2.96. The summed E-state index contributed by atoms with van der Waals surface area (Å²) in [5.41, 5.74) is 3.08. The van der Waals surface area contributed by atoms with Crippen LogP contribution in [0.4, 0.5) is 13.2 Å². The lowest BCUT2D eigenvalue weighted by atomic mass is 9.99. The Kier molecular flexibility index (Phi) is 4.88. The third kappa shape index (κ3) is 3.99. The van der Waals surface area contributed by atoms with Gasteiger partial charge in [0, 0.05) is 17.5 Å².